The molecule has 4 aromatic rings. The minimum Gasteiger partial charge on any atom is -0.422 e. The van der Waals surface area contributed by atoms with Gasteiger partial charge in [-0.3, -0.25) is 0 Å². The van der Waals surface area contributed by atoms with E-state index in [1.165, 1.54) is 12.1 Å². The van der Waals surface area contributed by atoms with Crippen LogP contribution in [-0.4, -0.2) is 21.0 Å². The number of aryl methyl sites for hydroxylation is 1. The van der Waals surface area contributed by atoms with E-state index >= 15 is 0 Å². The van der Waals surface area contributed by atoms with Crippen molar-refractivity contribution in [2.75, 3.05) is 5.43 Å². The van der Waals surface area contributed by atoms with Gasteiger partial charge in [-0.05, 0) is 36.4 Å². The van der Waals surface area contributed by atoms with Crippen LogP contribution in [0.15, 0.2) is 70.3 Å². The predicted molar refractivity (Wildman–Crippen MR) is 106 cm³/mol. The molecule has 0 aliphatic carbocycles. The van der Waals surface area contributed by atoms with Gasteiger partial charge in [-0.1, -0.05) is 18.2 Å². The van der Waals surface area contributed by atoms with Gasteiger partial charge in [0.15, 0.2) is 5.89 Å². The lowest BCUT2D eigenvalue weighted by Crippen LogP contribution is -1.94. The monoisotopic (exact) mass is 386 g/mol. The Balaban J connectivity index is 1.70. The summed E-state index contributed by atoms with van der Waals surface area (Å²) < 4.78 is 20.4. The number of oxazole rings is 1. The number of nitriles is 1. The Labute approximate surface area is 165 Å². The smallest absolute Gasteiger partial charge is 0.252 e. The molecule has 8 heteroatoms. The summed E-state index contributed by atoms with van der Waals surface area (Å²) >= 11 is 0. The number of aromatic nitrogens is 3. The summed E-state index contributed by atoms with van der Waals surface area (Å²) in [6, 6.07) is 17.6. The molecule has 0 atom stereocenters. The van der Waals surface area contributed by atoms with E-state index < -0.39 is 0 Å². The molecule has 7 nitrogen and oxygen atoms in total. The summed E-state index contributed by atoms with van der Waals surface area (Å²) in [7, 11) is 0. The summed E-state index contributed by atoms with van der Waals surface area (Å²) in [5.74, 6) is 0.209. The Morgan fingerprint density at radius 2 is 1.93 bits per heavy atom. The molecule has 0 saturated carbocycles. The minimum atomic E-state index is -0.321. The van der Waals surface area contributed by atoms with Crippen molar-refractivity contribution in [3.63, 3.8) is 0 Å². The molecule has 1 N–H and O–H groups in total. The highest BCUT2D eigenvalue weighted by atomic mass is 19.1. The van der Waals surface area contributed by atoms with E-state index in [0.717, 1.165) is 11.3 Å². The maximum Gasteiger partial charge on any atom is 0.252 e. The number of hydrogen-bond donors (Lipinski definition) is 1. The number of halogens is 1. The molecule has 0 spiro atoms. The molecule has 0 fully saturated rings. The van der Waals surface area contributed by atoms with Crippen LogP contribution < -0.4 is 5.43 Å². The van der Waals surface area contributed by atoms with Crippen LogP contribution in [0.4, 0.5) is 10.3 Å². The molecule has 2 heterocycles. The first-order chi connectivity index (χ1) is 14.1. The fourth-order valence-electron chi connectivity index (χ4n) is 2.77. The normalized spacial score (nSPS) is 10.9. The standard InChI is InChI=1S/C21H15FN6O/c1-14-25-19(11-23)21(29-14)26-24-12-16-13-28(18-5-3-2-4-6-18)27-20(16)15-7-9-17(22)10-8-15/h2-10,12-13,26H,1H3/b24-12+. The van der Waals surface area contributed by atoms with Gasteiger partial charge < -0.3 is 4.42 Å². The molecule has 0 aliphatic heterocycles. The number of hydrogen-bond acceptors (Lipinski definition) is 6. The highest BCUT2D eigenvalue weighted by molar-refractivity contribution is 5.89. The second-order valence-electron chi connectivity index (χ2n) is 6.11. The Morgan fingerprint density at radius 1 is 1.17 bits per heavy atom. The van der Waals surface area contributed by atoms with Crippen LogP contribution in [0.3, 0.4) is 0 Å². The average Bonchev–Trinajstić information content (AvgIpc) is 3.32. The molecule has 0 amide bonds. The second-order valence-corrected chi connectivity index (χ2v) is 6.11. The highest BCUT2D eigenvalue weighted by Crippen LogP contribution is 2.23. The molecular formula is C21H15FN6O. The molecule has 4 rings (SSSR count). The third-order valence-corrected chi connectivity index (χ3v) is 4.09. The number of nitrogens with one attached hydrogen (secondary N) is 1. The molecular weight excluding hydrogens is 371 g/mol. The molecule has 2 aromatic heterocycles. The van der Waals surface area contributed by atoms with Gasteiger partial charge in [0.2, 0.25) is 5.69 Å². The summed E-state index contributed by atoms with van der Waals surface area (Å²) in [5.41, 5.74) is 5.77. The zero-order chi connectivity index (χ0) is 20.2. The minimum absolute atomic E-state index is 0.124. The summed E-state index contributed by atoms with van der Waals surface area (Å²) in [6.45, 7) is 1.65. The number of benzene rings is 2. The van der Waals surface area contributed by atoms with Crippen molar-refractivity contribution in [2.45, 2.75) is 6.92 Å². The van der Waals surface area contributed by atoms with Crippen LogP contribution >= 0.6 is 0 Å². The van der Waals surface area contributed by atoms with E-state index in [-0.39, 0.29) is 17.4 Å². The van der Waals surface area contributed by atoms with Gasteiger partial charge in [-0.2, -0.15) is 15.5 Å². The fourth-order valence-corrected chi connectivity index (χ4v) is 2.77. The maximum atomic E-state index is 13.3. The number of para-hydroxylation sites is 1. The number of rotatable bonds is 5. The van der Waals surface area contributed by atoms with Crippen LogP contribution in [0.2, 0.25) is 0 Å². The van der Waals surface area contributed by atoms with Crippen molar-refractivity contribution in [1.82, 2.24) is 14.8 Å². The molecule has 0 bridgehead atoms. The summed E-state index contributed by atoms with van der Waals surface area (Å²) in [6.07, 6.45) is 3.38. The molecule has 29 heavy (non-hydrogen) atoms. The highest BCUT2D eigenvalue weighted by Gasteiger charge is 2.12. The molecule has 0 saturated heterocycles. The van der Waals surface area contributed by atoms with E-state index in [1.54, 1.807) is 30.0 Å². The second kappa shape index (κ2) is 7.78. The van der Waals surface area contributed by atoms with Crippen LogP contribution in [-0.2, 0) is 0 Å². The number of nitrogens with zero attached hydrogens (tertiary/aromatic N) is 5. The van der Waals surface area contributed by atoms with Gasteiger partial charge in [0.25, 0.3) is 5.88 Å². The fraction of sp³-hybridized carbons (Fsp3) is 0.0476. The van der Waals surface area contributed by atoms with Crippen molar-refractivity contribution in [3.05, 3.63) is 83.8 Å². The lowest BCUT2D eigenvalue weighted by Gasteiger charge is -2.00. The Morgan fingerprint density at radius 3 is 2.66 bits per heavy atom. The topological polar surface area (TPSA) is 92.0 Å². The van der Waals surface area contributed by atoms with Gasteiger partial charge in [-0.15, -0.1) is 0 Å². The Bertz CT molecular complexity index is 1200. The van der Waals surface area contributed by atoms with E-state index in [1.807, 2.05) is 42.6 Å². The molecule has 0 aliphatic rings. The van der Waals surface area contributed by atoms with Crippen molar-refractivity contribution in [2.24, 2.45) is 5.10 Å². The first kappa shape index (κ1) is 18.1. The lowest BCUT2D eigenvalue weighted by atomic mass is 10.1. The zero-order valence-corrected chi connectivity index (χ0v) is 15.4. The first-order valence-electron chi connectivity index (χ1n) is 8.71. The average molecular weight is 386 g/mol. The molecule has 0 unspecified atom stereocenters. The number of anilines is 1. The molecule has 0 radical (unpaired) electrons. The van der Waals surface area contributed by atoms with E-state index in [2.05, 4.69) is 20.6 Å². The van der Waals surface area contributed by atoms with Crippen LogP contribution in [0, 0.1) is 24.1 Å². The van der Waals surface area contributed by atoms with Gasteiger partial charge >= 0.3 is 0 Å². The zero-order valence-electron chi connectivity index (χ0n) is 15.4. The Kier molecular flexibility index (Phi) is 4.86. The van der Waals surface area contributed by atoms with E-state index in [4.69, 9.17) is 9.68 Å². The van der Waals surface area contributed by atoms with E-state index in [9.17, 15) is 4.39 Å². The van der Waals surface area contributed by atoms with Crippen LogP contribution in [0.5, 0.6) is 0 Å². The largest absolute Gasteiger partial charge is 0.422 e. The maximum absolute atomic E-state index is 13.3. The lowest BCUT2D eigenvalue weighted by molar-refractivity contribution is 0.533. The van der Waals surface area contributed by atoms with Crippen molar-refractivity contribution >= 4 is 12.1 Å². The van der Waals surface area contributed by atoms with Crippen molar-refractivity contribution in [1.29, 1.82) is 5.26 Å². The van der Waals surface area contributed by atoms with Gasteiger partial charge in [0.1, 0.15) is 17.6 Å². The van der Waals surface area contributed by atoms with E-state index in [0.29, 0.717) is 17.1 Å². The Hall–Kier alpha value is -4.25. The third kappa shape index (κ3) is 3.89. The van der Waals surface area contributed by atoms with Crippen LogP contribution in [0.25, 0.3) is 16.9 Å². The predicted octanol–water partition coefficient (Wildman–Crippen LogP) is 4.29. The SMILES string of the molecule is Cc1nc(C#N)c(N/N=C/c2cn(-c3ccccc3)nc2-c2ccc(F)cc2)o1. The first-order valence-corrected chi connectivity index (χ1v) is 8.71. The molecule has 2 aromatic carbocycles. The third-order valence-electron chi connectivity index (χ3n) is 4.09. The molecule has 142 valence electrons. The quantitative estimate of drug-likeness (QED) is 0.408. The van der Waals surface area contributed by atoms with Gasteiger partial charge in [0.05, 0.1) is 11.9 Å². The van der Waals surface area contributed by atoms with Crippen molar-refractivity contribution < 1.29 is 8.81 Å². The summed E-state index contributed by atoms with van der Waals surface area (Å²) in [5, 5.41) is 17.9. The van der Waals surface area contributed by atoms with Gasteiger partial charge in [-0.25, -0.2) is 19.5 Å². The van der Waals surface area contributed by atoms with Crippen LogP contribution in [0.1, 0.15) is 17.1 Å². The number of hydrazone groups is 1. The van der Waals surface area contributed by atoms with Crippen molar-refractivity contribution in [3.8, 4) is 23.0 Å². The summed E-state index contributed by atoms with van der Waals surface area (Å²) in [4.78, 5) is 3.96. The van der Waals surface area contributed by atoms with Gasteiger partial charge in [0, 0.05) is 24.2 Å².